The van der Waals surface area contributed by atoms with Gasteiger partial charge in [-0.05, 0) is 17.7 Å². The third kappa shape index (κ3) is 3.97. The molecule has 1 N–H and O–H groups in total. The first-order valence-electron chi connectivity index (χ1n) is 9.08. The van der Waals surface area contributed by atoms with Gasteiger partial charge in [0.2, 0.25) is 5.95 Å². The van der Waals surface area contributed by atoms with Crippen LogP contribution in [0, 0.1) is 0 Å². The van der Waals surface area contributed by atoms with E-state index in [1.165, 1.54) is 6.26 Å². The first-order valence-corrected chi connectivity index (χ1v) is 11.0. The summed E-state index contributed by atoms with van der Waals surface area (Å²) in [5, 5.41) is 3.17. The molecule has 0 aliphatic carbocycles. The molecule has 0 fully saturated rings. The van der Waals surface area contributed by atoms with Gasteiger partial charge in [-0.15, -0.1) is 0 Å². The van der Waals surface area contributed by atoms with Gasteiger partial charge in [0.15, 0.2) is 9.84 Å². The highest BCUT2D eigenvalue weighted by molar-refractivity contribution is 7.90. The number of nitrogens with one attached hydrogen (secondary N) is 1. The summed E-state index contributed by atoms with van der Waals surface area (Å²) in [5.41, 5.74) is 3.05. The van der Waals surface area contributed by atoms with Crippen molar-refractivity contribution >= 4 is 33.4 Å². The van der Waals surface area contributed by atoms with Crippen LogP contribution in [0.4, 0.5) is 17.3 Å². The summed E-state index contributed by atoms with van der Waals surface area (Å²) in [5.74, 6) is 1.51. The molecule has 0 saturated carbocycles. The Hall–Kier alpha value is -3.46. The van der Waals surface area contributed by atoms with Gasteiger partial charge in [-0.25, -0.2) is 18.4 Å². The number of fused-ring (bicyclic) bond motifs is 1. The van der Waals surface area contributed by atoms with Crippen LogP contribution in [-0.4, -0.2) is 45.1 Å². The highest BCUT2D eigenvalue weighted by Gasteiger charge is 2.24. The molecule has 1 atom stereocenters. The van der Waals surface area contributed by atoms with Crippen LogP contribution in [0.2, 0.25) is 0 Å². The molecular weight excluding hydrogens is 404 g/mol. The molecule has 0 radical (unpaired) electrons. The van der Waals surface area contributed by atoms with Gasteiger partial charge in [-0.1, -0.05) is 12.1 Å². The van der Waals surface area contributed by atoms with E-state index in [0.717, 1.165) is 16.9 Å². The molecule has 8 nitrogen and oxygen atoms in total. The second-order valence-electron chi connectivity index (χ2n) is 6.79. The fourth-order valence-electron chi connectivity index (χ4n) is 3.18. The highest BCUT2D eigenvalue weighted by atomic mass is 32.2. The number of hydrogen-bond donors (Lipinski definition) is 1. The van der Waals surface area contributed by atoms with Gasteiger partial charge in [0.1, 0.15) is 17.2 Å². The van der Waals surface area contributed by atoms with E-state index in [2.05, 4.69) is 20.3 Å². The van der Waals surface area contributed by atoms with Crippen molar-refractivity contribution in [2.75, 3.05) is 25.8 Å². The largest absolute Gasteiger partial charge is 0.497 e. The Kier molecular flexibility index (Phi) is 5.13. The Bertz CT molecular complexity index is 1200. The lowest BCUT2D eigenvalue weighted by molar-refractivity contribution is 0.395. The first kappa shape index (κ1) is 19.8. The summed E-state index contributed by atoms with van der Waals surface area (Å²) in [4.78, 5) is 13.6. The number of nitrogens with zero attached hydrogens (tertiary/aromatic N) is 3. The fourth-order valence-corrected chi connectivity index (χ4v) is 3.81. The summed E-state index contributed by atoms with van der Waals surface area (Å²) in [6.45, 7) is 0. The first-order chi connectivity index (χ1) is 14.4. The maximum absolute atomic E-state index is 11.7. The number of aliphatic imine (C=N–C) groups is 1. The summed E-state index contributed by atoms with van der Waals surface area (Å²) < 4.78 is 34.0. The zero-order valence-electron chi connectivity index (χ0n) is 16.7. The van der Waals surface area contributed by atoms with Gasteiger partial charge < -0.3 is 14.8 Å². The topological polar surface area (TPSA) is 103 Å². The number of aromatic nitrogens is 2. The fraction of sp³-hybridized carbons (Fsp3) is 0.190. The Morgan fingerprint density at radius 3 is 2.27 bits per heavy atom. The zero-order chi connectivity index (χ0) is 21.3. The molecule has 1 aliphatic rings. The number of hydrogen-bond acceptors (Lipinski definition) is 8. The lowest BCUT2D eigenvalue weighted by Crippen LogP contribution is -2.05. The molecule has 0 saturated heterocycles. The van der Waals surface area contributed by atoms with Gasteiger partial charge in [-0.3, -0.25) is 4.99 Å². The summed E-state index contributed by atoms with van der Waals surface area (Å²) in [6.07, 6.45) is 4.63. The molecule has 30 heavy (non-hydrogen) atoms. The van der Waals surface area contributed by atoms with Gasteiger partial charge in [0.25, 0.3) is 0 Å². The number of ether oxygens (including phenoxy) is 2. The number of sulfone groups is 1. The van der Waals surface area contributed by atoms with E-state index in [4.69, 9.17) is 9.47 Å². The van der Waals surface area contributed by atoms with Crippen molar-refractivity contribution in [3.05, 3.63) is 59.9 Å². The van der Waals surface area contributed by atoms with Crippen LogP contribution in [0.1, 0.15) is 17.2 Å². The third-order valence-corrected chi connectivity index (χ3v) is 5.86. The second-order valence-corrected chi connectivity index (χ2v) is 8.80. The SMILES string of the molecule is COc1cc(Nc2ncc3c(n2)C(c2ccc(S(C)(=O)=O)cc2)C=N3)cc(OC)c1. The monoisotopic (exact) mass is 424 g/mol. The minimum absolute atomic E-state index is 0.183. The van der Waals surface area contributed by atoms with Crippen LogP contribution in [0.3, 0.4) is 0 Å². The van der Waals surface area contributed by atoms with Crippen molar-refractivity contribution in [2.45, 2.75) is 10.8 Å². The minimum atomic E-state index is -3.25. The number of benzene rings is 2. The van der Waals surface area contributed by atoms with E-state index >= 15 is 0 Å². The molecule has 0 spiro atoms. The quantitative estimate of drug-likeness (QED) is 0.646. The van der Waals surface area contributed by atoms with Crippen molar-refractivity contribution in [3.63, 3.8) is 0 Å². The van der Waals surface area contributed by atoms with E-state index in [0.29, 0.717) is 23.1 Å². The molecule has 1 aliphatic heterocycles. The van der Waals surface area contributed by atoms with E-state index in [9.17, 15) is 8.42 Å². The van der Waals surface area contributed by atoms with Gasteiger partial charge in [0.05, 0.1) is 36.9 Å². The van der Waals surface area contributed by atoms with Crippen molar-refractivity contribution in [1.82, 2.24) is 9.97 Å². The average Bonchev–Trinajstić information content (AvgIpc) is 3.16. The lowest BCUT2D eigenvalue weighted by Gasteiger charge is -2.12. The van der Waals surface area contributed by atoms with Crippen LogP contribution in [0.5, 0.6) is 11.5 Å². The number of methoxy groups -OCH3 is 2. The normalized spacial score (nSPS) is 15.0. The molecule has 0 bridgehead atoms. The molecule has 2 aromatic carbocycles. The predicted octanol–water partition coefficient (Wildman–Crippen LogP) is 3.49. The summed E-state index contributed by atoms with van der Waals surface area (Å²) in [6, 6.07) is 12.2. The van der Waals surface area contributed by atoms with Crippen LogP contribution in [0.25, 0.3) is 0 Å². The van der Waals surface area contributed by atoms with Crippen LogP contribution >= 0.6 is 0 Å². The average molecular weight is 424 g/mol. The van der Waals surface area contributed by atoms with Gasteiger partial charge in [-0.2, -0.15) is 0 Å². The zero-order valence-corrected chi connectivity index (χ0v) is 17.5. The molecule has 154 valence electrons. The smallest absolute Gasteiger partial charge is 0.227 e. The Morgan fingerprint density at radius 2 is 1.67 bits per heavy atom. The molecule has 1 unspecified atom stereocenters. The van der Waals surface area contributed by atoms with Gasteiger partial charge >= 0.3 is 0 Å². The Balaban J connectivity index is 1.63. The molecular formula is C21H20N4O4S. The predicted molar refractivity (Wildman–Crippen MR) is 114 cm³/mol. The number of rotatable bonds is 6. The van der Waals surface area contributed by atoms with Gasteiger partial charge in [0, 0.05) is 36.4 Å². The molecule has 3 aromatic rings. The van der Waals surface area contributed by atoms with Crippen LogP contribution < -0.4 is 14.8 Å². The van der Waals surface area contributed by atoms with Crippen LogP contribution in [0.15, 0.2) is 58.5 Å². The van der Waals surface area contributed by atoms with Crippen molar-refractivity contribution < 1.29 is 17.9 Å². The lowest BCUT2D eigenvalue weighted by atomic mass is 9.98. The Labute approximate surface area is 174 Å². The van der Waals surface area contributed by atoms with Crippen molar-refractivity contribution in [1.29, 1.82) is 0 Å². The number of anilines is 2. The molecule has 4 rings (SSSR count). The molecule has 9 heteroatoms. The molecule has 2 heterocycles. The second kappa shape index (κ2) is 7.75. The molecule has 0 amide bonds. The maximum atomic E-state index is 11.7. The molecule has 1 aromatic heterocycles. The van der Waals surface area contributed by atoms with E-state index in [1.807, 2.05) is 12.1 Å². The summed E-state index contributed by atoms with van der Waals surface area (Å²) >= 11 is 0. The van der Waals surface area contributed by atoms with Crippen molar-refractivity contribution in [3.8, 4) is 11.5 Å². The minimum Gasteiger partial charge on any atom is -0.497 e. The van der Waals surface area contributed by atoms with Crippen molar-refractivity contribution in [2.24, 2.45) is 4.99 Å². The maximum Gasteiger partial charge on any atom is 0.227 e. The third-order valence-electron chi connectivity index (χ3n) is 4.73. The van der Waals surface area contributed by atoms with E-state index in [1.54, 1.807) is 57.0 Å². The summed E-state index contributed by atoms with van der Waals surface area (Å²) in [7, 11) is -0.0767. The van der Waals surface area contributed by atoms with E-state index in [-0.39, 0.29) is 10.8 Å². The van der Waals surface area contributed by atoms with Crippen LogP contribution in [-0.2, 0) is 9.84 Å². The van der Waals surface area contributed by atoms with E-state index < -0.39 is 9.84 Å². The Morgan fingerprint density at radius 1 is 1.00 bits per heavy atom. The standard InChI is InChI=1S/C21H20N4O4S/c1-28-15-8-14(9-16(10-15)29-2)24-21-23-12-19-20(25-21)18(11-22-19)13-4-6-17(7-5-13)30(3,26)27/h4-12,18H,1-3H3,(H,23,24,25). The highest BCUT2D eigenvalue weighted by Crippen LogP contribution is 2.36.